The second-order valence-corrected chi connectivity index (χ2v) is 6.19. The van der Waals surface area contributed by atoms with Crippen molar-refractivity contribution in [2.75, 3.05) is 0 Å². The number of aromatic nitrogens is 2. The Labute approximate surface area is 150 Å². The minimum absolute atomic E-state index is 0.127. The summed E-state index contributed by atoms with van der Waals surface area (Å²) in [4.78, 5) is 15.1. The van der Waals surface area contributed by atoms with Crippen LogP contribution in [0.3, 0.4) is 0 Å². The number of rotatable bonds is 5. The zero-order valence-corrected chi connectivity index (χ0v) is 15.1. The van der Waals surface area contributed by atoms with Crippen LogP contribution in [-0.2, 0) is 16.1 Å². The number of aryl methyl sites for hydroxylation is 2. The third-order valence-corrected chi connectivity index (χ3v) is 3.71. The molecule has 2 aromatic rings. The van der Waals surface area contributed by atoms with Crippen molar-refractivity contribution in [3.05, 3.63) is 44.6 Å². The Morgan fingerprint density at radius 1 is 1.42 bits per heavy atom. The van der Waals surface area contributed by atoms with E-state index in [4.69, 9.17) is 16.3 Å². The van der Waals surface area contributed by atoms with Gasteiger partial charge in [-0.1, -0.05) is 11.6 Å². The first-order valence-corrected chi connectivity index (χ1v) is 7.96. The van der Waals surface area contributed by atoms with Gasteiger partial charge in [-0.05, 0) is 53.0 Å². The van der Waals surface area contributed by atoms with E-state index in [1.807, 2.05) is 0 Å². The summed E-state index contributed by atoms with van der Waals surface area (Å²) in [5, 5.41) is 4.46. The van der Waals surface area contributed by atoms with E-state index in [2.05, 4.69) is 26.0 Å². The standard InChI is InChI=1S/C15H13BrClF2N3O2/c1-8-3-10(17)4-9(2)14(8)20-15(24-7-23)11-5-12(16)21-22(11)6-13(18)19/h3-5,7,13H,6H2,1-2H3/b20-15-. The van der Waals surface area contributed by atoms with Gasteiger partial charge in [-0.15, -0.1) is 0 Å². The molecule has 0 aliphatic heterocycles. The van der Waals surface area contributed by atoms with Gasteiger partial charge in [0.2, 0.25) is 5.90 Å². The summed E-state index contributed by atoms with van der Waals surface area (Å²) in [7, 11) is 0. The fraction of sp³-hybridized carbons (Fsp3) is 0.267. The molecule has 0 bridgehead atoms. The van der Waals surface area contributed by atoms with Crippen LogP contribution in [0.5, 0.6) is 0 Å². The van der Waals surface area contributed by atoms with Crippen LogP contribution in [-0.4, -0.2) is 28.6 Å². The van der Waals surface area contributed by atoms with Crippen LogP contribution in [0.4, 0.5) is 14.5 Å². The lowest BCUT2D eigenvalue weighted by Gasteiger charge is -2.10. The van der Waals surface area contributed by atoms with E-state index in [1.165, 1.54) is 6.07 Å². The summed E-state index contributed by atoms with van der Waals surface area (Å²) in [5.41, 5.74) is 2.21. The molecular weight excluding hydrogens is 408 g/mol. The van der Waals surface area contributed by atoms with E-state index in [-0.39, 0.29) is 18.1 Å². The fourth-order valence-electron chi connectivity index (χ4n) is 2.20. The zero-order chi connectivity index (χ0) is 17.9. The van der Waals surface area contributed by atoms with Crippen molar-refractivity contribution in [2.45, 2.75) is 26.8 Å². The quantitative estimate of drug-likeness (QED) is 0.408. The first-order chi connectivity index (χ1) is 11.3. The Hall–Kier alpha value is -1.80. The molecule has 0 spiro atoms. The molecule has 0 saturated heterocycles. The van der Waals surface area contributed by atoms with Crippen molar-refractivity contribution < 1.29 is 18.3 Å². The number of carbonyl (C=O) groups excluding carboxylic acids is 1. The van der Waals surface area contributed by atoms with Gasteiger partial charge < -0.3 is 4.74 Å². The Bertz CT molecular complexity index is 770. The molecule has 0 N–H and O–H groups in total. The monoisotopic (exact) mass is 419 g/mol. The molecule has 0 radical (unpaired) electrons. The highest BCUT2D eigenvalue weighted by atomic mass is 79.9. The zero-order valence-electron chi connectivity index (χ0n) is 12.8. The minimum Gasteiger partial charge on any atom is -0.407 e. The molecule has 1 aromatic carbocycles. The summed E-state index contributed by atoms with van der Waals surface area (Å²) in [6.45, 7) is 3.12. The van der Waals surface area contributed by atoms with Gasteiger partial charge in [-0.25, -0.2) is 13.8 Å². The molecular formula is C15H13BrClF2N3O2. The van der Waals surface area contributed by atoms with Gasteiger partial charge in [0.05, 0.1) is 5.69 Å². The maximum absolute atomic E-state index is 12.7. The summed E-state index contributed by atoms with van der Waals surface area (Å²) in [5.74, 6) is -0.127. The number of hydrogen-bond donors (Lipinski definition) is 0. The lowest BCUT2D eigenvalue weighted by atomic mass is 10.1. The van der Waals surface area contributed by atoms with E-state index >= 15 is 0 Å². The minimum atomic E-state index is -2.62. The van der Waals surface area contributed by atoms with Crippen LogP contribution in [0.1, 0.15) is 16.8 Å². The van der Waals surface area contributed by atoms with Crippen molar-refractivity contribution in [2.24, 2.45) is 4.99 Å². The fourth-order valence-corrected chi connectivity index (χ4v) is 2.93. The molecule has 128 valence electrons. The topological polar surface area (TPSA) is 56.5 Å². The van der Waals surface area contributed by atoms with Crippen LogP contribution < -0.4 is 0 Å². The van der Waals surface area contributed by atoms with Crippen molar-refractivity contribution in [3.8, 4) is 0 Å². The Morgan fingerprint density at radius 3 is 2.58 bits per heavy atom. The molecule has 5 nitrogen and oxygen atoms in total. The van der Waals surface area contributed by atoms with Gasteiger partial charge in [0.25, 0.3) is 12.9 Å². The van der Waals surface area contributed by atoms with Gasteiger partial charge in [-0.3, -0.25) is 9.48 Å². The molecule has 0 fully saturated rings. The van der Waals surface area contributed by atoms with Crippen molar-refractivity contribution in [1.29, 1.82) is 0 Å². The summed E-state index contributed by atoms with van der Waals surface area (Å²) in [6.07, 6.45) is -2.62. The number of hydrogen-bond acceptors (Lipinski definition) is 4. The van der Waals surface area contributed by atoms with Crippen LogP contribution in [0.15, 0.2) is 27.8 Å². The predicted octanol–water partition coefficient (Wildman–Crippen LogP) is 4.43. The number of carbonyl (C=O) groups is 1. The van der Waals surface area contributed by atoms with E-state index in [1.54, 1.807) is 26.0 Å². The molecule has 0 unspecified atom stereocenters. The number of benzene rings is 1. The van der Waals surface area contributed by atoms with E-state index in [0.29, 0.717) is 15.3 Å². The number of halogens is 4. The smallest absolute Gasteiger partial charge is 0.299 e. The third kappa shape index (κ3) is 4.39. The normalized spacial score (nSPS) is 11.9. The van der Waals surface area contributed by atoms with Gasteiger partial charge >= 0.3 is 0 Å². The SMILES string of the molecule is Cc1cc(Cl)cc(C)c1/N=C(\OC=O)c1cc(Br)nn1CC(F)F. The molecule has 2 rings (SSSR count). The lowest BCUT2D eigenvalue weighted by Crippen LogP contribution is -2.17. The molecule has 24 heavy (non-hydrogen) atoms. The van der Waals surface area contributed by atoms with Gasteiger partial charge in [0.1, 0.15) is 16.8 Å². The highest BCUT2D eigenvalue weighted by Gasteiger charge is 2.18. The van der Waals surface area contributed by atoms with Crippen molar-refractivity contribution in [1.82, 2.24) is 9.78 Å². The predicted molar refractivity (Wildman–Crippen MR) is 90.2 cm³/mol. The first-order valence-electron chi connectivity index (χ1n) is 6.79. The largest absolute Gasteiger partial charge is 0.407 e. The van der Waals surface area contributed by atoms with Gasteiger partial charge in [0, 0.05) is 11.1 Å². The highest BCUT2D eigenvalue weighted by molar-refractivity contribution is 9.10. The molecule has 0 atom stereocenters. The highest BCUT2D eigenvalue weighted by Crippen LogP contribution is 2.28. The molecule has 1 aromatic heterocycles. The van der Waals surface area contributed by atoms with E-state index < -0.39 is 13.0 Å². The summed E-state index contributed by atoms with van der Waals surface area (Å²) < 4.78 is 31.7. The molecule has 1 heterocycles. The molecule has 0 amide bonds. The van der Waals surface area contributed by atoms with Gasteiger partial charge in [-0.2, -0.15) is 5.10 Å². The van der Waals surface area contributed by atoms with E-state index in [0.717, 1.165) is 15.8 Å². The first kappa shape index (κ1) is 18.5. The van der Waals surface area contributed by atoms with Crippen LogP contribution in [0.25, 0.3) is 0 Å². The molecule has 0 aliphatic carbocycles. The number of aliphatic imine (C=N–C) groups is 1. The van der Waals surface area contributed by atoms with E-state index in [9.17, 15) is 13.6 Å². The van der Waals surface area contributed by atoms with Crippen LogP contribution in [0, 0.1) is 13.8 Å². The molecule has 9 heteroatoms. The maximum atomic E-state index is 12.7. The second-order valence-electron chi connectivity index (χ2n) is 4.94. The van der Waals surface area contributed by atoms with Crippen LogP contribution >= 0.6 is 27.5 Å². The van der Waals surface area contributed by atoms with Crippen molar-refractivity contribution >= 4 is 45.6 Å². The summed E-state index contributed by atoms with van der Waals surface area (Å²) in [6, 6.07) is 4.86. The average Bonchev–Trinajstić information content (AvgIpc) is 2.81. The second kappa shape index (κ2) is 7.85. The number of nitrogens with zero attached hydrogens (tertiary/aromatic N) is 3. The maximum Gasteiger partial charge on any atom is 0.299 e. The average molecular weight is 421 g/mol. The Kier molecular flexibility index (Phi) is 6.06. The summed E-state index contributed by atoms with van der Waals surface area (Å²) >= 11 is 9.11. The lowest BCUT2D eigenvalue weighted by molar-refractivity contribution is -0.121. The number of ether oxygens (including phenoxy) is 1. The van der Waals surface area contributed by atoms with Crippen molar-refractivity contribution in [3.63, 3.8) is 0 Å². The van der Waals surface area contributed by atoms with Crippen LogP contribution in [0.2, 0.25) is 5.02 Å². The van der Waals surface area contributed by atoms with Gasteiger partial charge in [0.15, 0.2) is 0 Å². The molecule has 0 aliphatic rings. The third-order valence-electron chi connectivity index (χ3n) is 3.11. The number of alkyl halides is 2. The Balaban J connectivity index is 2.57. The molecule has 0 saturated carbocycles. The Morgan fingerprint density at radius 2 is 2.04 bits per heavy atom.